The Hall–Kier alpha value is -2.56. The highest BCUT2D eigenvalue weighted by atomic mass is 16.5. The summed E-state index contributed by atoms with van der Waals surface area (Å²) in [5, 5.41) is 22.1. The van der Waals surface area contributed by atoms with Gasteiger partial charge in [-0.05, 0) is 56.8 Å². The first-order valence-electron chi connectivity index (χ1n) is 16.1. The number of allylic oxidation sites excluding steroid dienone is 2. The maximum atomic E-state index is 14.4. The van der Waals surface area contributed by atoms with E-state index in [1.807, 2.05) is 68.4 Å². The van der Waals surface area contributed by atoms with E-state index >= 15 is 0 Å². The van der Waals surface area contributed by atoms with Crippen molar-refractivity contribution in [1.82, 2.24) is 0 Å². The molecule has 0 bridgehead atoms. The van der Waals surface area contributed by atoms with Crippen LogP contribution in [0.5, 0.6) is 5.75 Å². The van der Waals surface area contributed by atoms with E-state index in [9.17, 15) is 19.8 Å². The van der Waals surface area contributed by atoms with E-state index in [0.717, 1.165) is 24.0 Å². The minimum Gasteiger partial charge on any atom is -0.507 e. The van der Waals surface area contributed by atoms with Crippen molar-refractivity contribution in [2.24, 2.45) is 34.0 Å². The maximum Gasteiger partial charge on any atom is 0.343 e. The van der Waals surface area contributed by atoms with E-state index in [4.69, 9.17) is 4.74 Å². The minimum atomic E-state index is -0.849. The number of aliphatic carboxylic acids is 1. The van der Waals surface area contributed by atoms with Crippen LogP contribution in [0.4, 0.5) is 0 Å². The predicted octanol–water partition coefficient (Wildman–Crippen LogP) is 10.2. The van der Waals surface area contributed by atoms with Crippen LogP contribution in [-0.4, -0.2) is 22.2 Å². The minimum absolute atomic E-state index is 0.0119. The highest BCUT2D eigenvalue weighted by Gasteiger charge is 2.58. The molecular weight excluding hydrogens is 536 g/mol. The standard InChI is InChI=1S/C38H60O5/c1-17-22(3)38(23(4)18-2)28(32(40)41)21-27(36(11,12)13)30(31(38)37(14,15)16)43-33(42)24-19-25(34(5,6)7)29(39)26(20-24)35(8,9)10/h19-23,28,39H,17-18H2,1-16H3,(H,40,41). The Morgan fingerprint density at radius 3 is 1.51 bits per heavy atom. The molecule has 0 amide bonds. The molecule has 0 heterocycles. The smallest absolute Gasteiger partial charge is 0.343 e. The Bertz CT molecular complexity index is 1240. The van der Waals surface area contributed by atoms with Crippen molar-refractivity contribution in [2.75, 3.05) is 0 Å². The summed E-state index contributed by atoms with van der Waals surface area (Å²) in [6.07, 6.45) is 3.46. The third kappa shape index (κ3) is 6.91. The molecular formula is C38H60O5. The van der Waals surface area contributed by atoms with Gasteiger partial charge in [-0.15, -0.1) is 0 Å². The number of carboxylic acids is 1. The zero-order chi connectivity index (χ0) is 33.7. The summed E-state index contributed by atoms with van der Waals surface area (Å²) in [4.78, 5) is 27.6. The molecule has 2 N–H and O–H groups in total. The van der Waals surface area contributed by atoms with Gasteiger partial charge in [0, 0.05) is 16.5 Å². The number of rotatable bonds is 7. The predicted molar refractivity (Wildman–Crippen MR) is 177 cm³/mol. The van der Waals surface area contributed by atoms with Crippen molar-refractivity contribution < 1.29 is 24.5 Å². The van der Waals surface area contributed by atoms with Crippen LogP contribution in [0.15, 0.2) is 35.1 Å². The highest BCUT2D eigenvalue weighted by molar-refractivity contribution is 5.92. The molecule has 3 unspecified atom stereocenters. The van der Waals surface area contributed by atoms with Gasteiger partial charge in [-0.1, -0.05) is 130 Å². The molecule has 2 rings (SSSR count). The zero-order valence-corrected chi connectivity index (χ0v) is 30.0. The average Bonchev–Trinajstić information content (AvgIpc) is 2.83. The van der Waals surface area contributed by atoms with Crippen LogP contribution in [0.3, 0.4) is 0 Å². The summed E-state index contributed by atoms with van der Waals surface area (Å²) in [7, 11) is 0. The van der Waals surface area contributed by atoms with Crippen LogP contribution in [0.2, 0.25) is 0 Å². The second-order valence-electron chi connectivity index (χ2n) is 17.0. The average molecular weight is 597 g/mol. The van der Waals surface area contributed by atoms with Crippen LogP contribution in [0.25, 0.3) is 0 Å². The third-order valence-electron chi connectivity index (χ3n) is 9.59. The number of carboxylic acid groups (broad SMARTS) is 1. The molecule has 43 heavy (non-hydrogen) atoms. The van der Waals surface area contributed by atoms with Crippen molar-refractivity contribution >= 4 is 11.9 Å². The molecule has 0 spiro atoms. The van der Waals surface area contributed by atoms with Crippen LogP contribution in [0.1, 0.15) is 145 Å². The third-order valence-corrected chi connectivity index (χ3v) is 9.59. The molecule has 0 fully saturated rings. The van der Waals surface area contributed by atoms with Crippen LogP contribution >= 0.6 is 0 Å². The van der Waals surface area contributed by atoms with Crippen LogP contribution < -0.4 is 0 Å². The monoisotopic (exact) mass is 596 g/mol. The summed E-state index contributed by atoms with van der Waals surface area (Å²) < 4.78 is 6.60. The van der Waals surface area contributed by atoms with E-state index < -0.39 is 44.9 Å². The number of hydrogen-bond acceptors (Lipinski definition) is 4. The van der Waals surface area contributed by atoms with E-state index in [-0.39, 0.29) is 17.6 Å². The van der Waals surface area contributed by atoms with Gasteiger partial charge in [0.05, 0.1) is 11.5 Å². The molecule has 1 aliphatic carbocycles. The number of ether oxygens (including phenoxy) is 1. The molecule has 0 saturated heterocycles. The normalized spacial score (nSPS) is 21.8. The topological polar surface area (TPSA) is 83.8 Å². The summed E-state index contributed by atoms with van der Waals surface area (Å²) in [6.45, 7) is 33.1. The highest BCUT2D eigenvalue weighted by Crippen LogP contribution is 2.62. The molecule has 0 radical (unpaired) electrons. The number of aromatic hydroxyl groups is 1. The van der Waals surface area contributed by atoms with Gasteiger partial charge in [-0.25, -0.2) is 4.79 Å². The lowest BCUT2D eigenvalue weighted by Crippen LogP contribution is -2.52. The van der Waals surface area contributed by atoms with Crippen molar-refractivity contribution in [3.8, 4) is 5.75 Å². The molecule has 1 aliphatic rings. The van der Waals surface area contributed by atoms with Crippen LogP contribution in [-0.2, 0) is 20.4 Å². The van der Waals surface area contributed by atoms with Gasteiger partial charge < -0.3 is 14.9 Å². The second kappa shape index (κ2) is 12.1. The summed E-state index contributed by atoms with van der Waals surface area (Å²) in [5.74, 6) is -1.38. The number of carbonyl (C=O) groups is 2. The lowest BCUT2D eigenvalue weighted by atomic mass is 9.48. The van der Waals surface area contributed by atoms with Gasteiger partial charge in [-0.2, -0.15) is 0 Å². The molecule has 5 nitrogen and oxygen atoms in total. The van der Waals surface area contributed by atoms with Gasteiger partial charge >= 0.3 is 11.9 Å². The van der Waals surface area contributed by atoms with E-state index in [2.05, 4.69) is 48.5 Å². The Kier molecular flexibility index (Phi) is 10.3. The largest absolute Gasteiger partial charge is 0.507 e. The fourth-order valence-corrected chi connectivity index (χ4v) is 7.14. The maximum absolute atomic E-state index is 14.4. The van der Waals surface area contributed by atoms with Gasteiger partial charge in [0.25, 0.3) is 0 Å². The molecule has 1 aromatic carbocycles. The quantitative estimate of drug-likeness (QED) is 0.306. The van der Waals surface area contributed by atoms with E-state index in [1.54, 1.807) is 12.1 Å². The van der Waals surface area contributed by atoms with Crippen molar-refractivity contribution in [3.05, 3.63) is 51.8 Å². The van der Waals surface area contributed by atoms with Crippen molar-refractivity contribution in [2.45, 2.75) is 134 Å². The molecule has 242 valence electrons. The first-order chi connectivity index (χ1) is 19.3. The van der Waals surface area contributed by atoms with Gasteiger partial charge in [0.1, 0.15) is 11.5 Å². The number of carbonyl (C=O) groups excluding carboxylic acids is 1. The number of phenolic OH excluding ortho intramolecular Hbond substituents is 1. The van der Waals surface area contributed by atoms with Crippen molar-refractivity contribution in [1.29, 1.82) is 0 Å². The summed E-state index contributed by atoms with van der Waals surface area (Å²) >= 11 is 0. The molecule has 0 aromatic heterocycles. The molecule has 0 aliphatic heterocycles. The van der Waals surface area contributed by atoms with E-state index in [1.165, 1.54) is 0 Å². The zero-order valence-electron chi connectivity index (χ0n) is 30.0. The molecule has 0 saturated carbocycles. The first kappa shape index (κ1) is 36.6. The summed E-state index contributed by atoms with van der Waals surface area (Å²) in [5.41, 5.74) is 0.831. The van der Waals surface area contributed by atoms with Gasteiger partial charge in [0.2, 0.25) is 0 Å². The first-order valence-corrected chi connectivity index (χ1v) is 16.1. The second-order valence-corrected chi connectivity index (χ2v) is 17.0. The fourth-order valence-electron chi connectivity index (χ4n) is 7.14. The Balaban J connectivity index is 3.10. The van der Waals surface area contributed by atoms with Gasteiger partial charge in [-0.3, -0.25) is 4.79 Å². The lowest BCUT2D eigenvalue weighted by Gasteiger charge is -2.55. The number of esters is 1. The number of phenols is 1. The number of hydrogen-bond donors (Lipinski definition) is 2. The molecule has 5 heteroatoms. The molecule has 1 aromatic rings. The SMILES string of the molecule is CCC(C)C1(C(C)CC)C(C(C)(C)C)=C(OC(=O)c2cc(C(C)(C)C)c(O)c(C(C)(C)C)c2)C(C(C)(C)C)=CC1C(=O)O. The Morgan fingerprint density at radius 2 is 1.21 bits per heavy atom. The van der Waals surface area contributed by atoms with Crippen molar-refractivity contribution in [3.63, 3.8) is 0 Å². The number of benzene rings is 1. The Morgan fingerprint density at radius 1 is 0.791 bits per heavy atom. The van der Waals surface area contributed by atoms with E-state index in [0.29, 0.717) is 22.4 Å². The van der Waals surface area contributed by atoms with Crippen LogP contribution in [0, 0.1) is 34.0 Å². The molecule has 3 atom stereocenters. The van der Waals surface area contributed by atoms with Gasteiger partial charge in [0.15, 0.2) is 0 Å². The summed E-state index contributed by atoms with van der Waals surface area (Å²) in [6, 6.07) is 3.51. The Labute approximate surface area is 262 Å². The fraction of sp³-hybridized carbons (Fsp3) is 0.684. The lowest BCUT2D eigenvalue weighted by molar-refractivity contribution is -0.147.